The summed E-state index contributed by atoms with van der Waals surface area (Å²) in [5, 5.41) is 3.41. The first-order valence-electron chi connectivity index (χ1n) is 9.42. The van der Waals surface area contributed by atoms with Crippen molar-refractivity contribution in [2.24, 2.45) is 0 Å². The molecule has 5 nitrogen and oxygen atoms in total. The molecule has 0 amide bonds. The van der Waals surface area contributed by atoms with Crippen LogP contribution in [0, 0.1) is 0 Å². The van der Waals surface area contributed by atoms with E-state index >= 15 is 0 Å². The van der Waals surface area contributed by atoms with Gasteiger partial charge in [-0.25, -0.2) is 4.98 Å². The molecule has 0 spiro atoms. The second kappa shape index (κ2) is 6.93. The summed E-state index contributed by atoms with van der Waals surface area (Å²) in [5.74, 6) is 1.92. The minimum Gasteiger partial charge on any atom is -0.489 e. The highest BCUT2D eigenvalue weighted by Gasteiger charge is 2.17. The van der Waals surface area contributed by atoms with Crippen molar-refractivity contribution < 1.29 is 4.74 Å². The Kier molecular flexibility index (Phi) is 4.14. The van der Waals surface area contributed by atoms with Gasteiger partial charge in [0.25, 0.3) is 0 Å². The van der Waals surface area contributed by atoms with Gasteiger partial charge in [-0.1, -0.05) is 30.3 Å². The van der Waals surface area contributed by atoms with E-state index < -0.39 is 0 Å². The normalized spacial score (nSPS) is 14.7. The predicted octanol–water partition coefficient (Wildman–Crippen LogP) is 3.48. The first kappa shape index (κ1) is 16.1. The lowest BCUT2D eigenvalue weighted by Crippen LogP contribution is -2.44. The number of benzene rings is 2. The Labute approximate surface area is 158 Å². The fourth-order valence-corrected chi connectivity index (χ4v) is 3.68. The highest BCUT2D eigenvalue weighted by atomic mass is 16.5. The first-order valence-corrected chi connectivity index (χ1v) is 9.42. The lowest BCUT2D eigenvalue weighted by molar-refractivity contribution is 0.306. The number of hydrogen-bond acceptors (Lipinski definition) is 4. The van der Waals surface area contributed by atoms with Gasteiger partial charge in [0.15, 0.2) is 5.82 Å². The Morgan fingerprint density at radius 2 is 1.78 bits per heavy atom. The summed E-state index contributed by atoms with van der Waals surface area (Å²) in [5.41, 5.74) is 4.36. The van der Waals surface area contributed by atoms with Crippen LogP contribution >= 0.6 is 0 Å². The Balaban J connectivity index is 1.51. The third kappa shape index (κ3) is 3.11. The van der Waals surface area contributed by atoms with Crippen LogP contribution in [0.15, 0.2) is 66.9 Å². The molecular weight excluding hydrogens is 336 g/mol. The van der Waals surface area contributed by atoms with Crippen molar-refractivity contribution in [3.63, 3.8) is 0 Å². The molecule has 1 fully saturated rings. The maximum absolute atomic E-state index is 6.01. The third-order valence-corrected chi connectivity index (χ3v) is 5.08. The van der Waals surface area contributed by atoms with E-state index in [-0.39, 0.29) is 0 Å². The molecule has 2 aromatic heterocycles. The van der Waals surface area contributed by atoms with Gasteiger partial charge in [0.05, 0.1) is 16.6 Å². The number of piperazine rings is 1. The molecule has 1 N–H and O–H groups in total. The Bertz CT molecular complexity index is 1070. The zero-order valence-electron chi connectivity index (χ0n) is 15.1. The summed E-state index contributed by atoms with van der Waals surface area (Å²) in [6, 6.07) is 20.6. The molecule has 0 aliphatic carbocycles. The molecule has 136 valence electrons. The van der Waals surface area contributed by atoms with Gasteiger partial charge in [0.1, 0.15) is 12.4 Å². The van der Waals surface area contributed by atoms with Crippen molar-refractivity contribution >= 4 is 22.4 Å². The summed E-state index contributed by atoms with van der Waals surface area (Å²) in [7, 11) is 0. The molecule has 27 heavy (non-hydrogen) atoms. The topological polar surface area (TPSA) is 41.8 Å². The zero-order valence-corrected chi connectivity index (χ0v) is 15.1. The van der Waals surface area contributed by atoms with Crippen LogP contribution in [0.25, 0.3) is 16.6 Å². The molecule has 3 heterocycles. The molecule has 0 unspecified atom stereocenters. The number of nitrogens with one attached hydrogen (secondary N) is 1. The van der Waals surface area contributed by atoms with E-state index in [1.807, 2.05) is 24.3 Å². The van der Waals surface area contributed by atoms with E-state index in [0.717, 1.165) is 59.9 Å². The fourth-order valence-electron chi connectivity index (χ4n) is 3.68. The van der Waals surface area contributed by atoms with Gasteiger partial charge < -0.3 is 19.4 Å². The molecule has 5 heteroatoms. The van der Waals surface area contributed by atoms with E-state index in [1.54, 1.807) is 0 Å². The van der Waals surface area contributed by atoms with Crippen molar-refractivity contribution in [3.05, 3.63) is 72.4 Å². The molecule has 2 aromatic carbocycles. The van der Waals surface area contributed by atoms with Crippen LogP contribution in [0.5, 0.6) is 5.75 Å². The molecule has 5 rings (SSSR count). The summed E-state index contributed by atoms with van der Waals surface area (Å²) >= 11 is 0. The number of hydrogen-bond donors (Lipinski definition) is 1. The number of aromatic nitrogens is 2. The highest BCUT2D eigenvalue weighted by molar-refractivity contribution is 5.86. The van der Waals surface area contributed by atoms with Crippen molar-refractivity contribution in [1.29, 1.82) is 0 Å². The maximum atomic E-state index is 6.01. The van der Waals surface area contributed by atoms with Crippen LogP contribution in [0.1, 0.15) is 5.56 Å². The average molecular weight is 358 g/mol. The summed E-state index contributed by atoms with van der Waals surface area (Å²) < 4.78 is 8.23. The fraction of sp³-hybridized carbons (Fsp3) is 0.227. The van der Waals surface area contributed by atoms with Gasteiger partial charge >= 0.3 is 0 Å². The second-order valence-electron chi connectivity index (χ2n) is 6.86. The molecule has 0 saturated carbocycles. The number of rotatable bonds is 4. The van der Waals surface area contributed by atoms with Gasteiger partial charge in [0.2, 0.25) is 0 Å². The number of fused-ring (bicyclic) bond motifs is 3. The molecular formula is C22H22N4O. The lowest BCUT2D eigenvalue weighted by atomic mass is 10.2. The van der Waals surface area contributed by atoms with E-state index in [1.165, 1.54) is 0 Å². The second-order valence-corrected chi connectivity index (χ2v) is 6.86. The summed E-state index contributed by atoms with van der Waals surface area (Å²) in [6.07, 6.45) is 2.10. The predicted molar refractivity (Wildman–Crippen MR) is 109 cm³/mol. The van der Waals surface area contributed by atoms with E-state index in [0.29, 0.717) is 6.61 Å². The van der Waals surface area contributed by atoms with Gasteiger partial charge in [0, 0.05) is 38.4 Å². The largest absolute Gasteiger partial charge is 0.489 e. The molecule has 1 saturated heterocycles. The molecule has 0 atom stereocenters. The van der Waals surface area contributed by atoms with E-state index in [4.69, 9.17) is 9.72 Å². The van der Waals surface area contributed by atoms with Crippen LogP contribution in [0.4, 0.5) is 5.82 Å². The standard InChI is InChI=1S/C22H22N4O/c1-2-5-17(6-3-1)16-27-18-8-9-19-21(15-18)26-12-4-7-20(26)22(24-19)25-13-10-23-11-14-25/h1-9,12,15,23H,10-11,13-14,16H2. The summed E-state index contributed by atoms with van der Waals surface area (Å²) in [6.45, 7) is 4.53. The number of anilines is 1. The van der Waals surface area contributed by atoms with Crippen molar-refractivity contribution in [2.45, 2.75) is 6.61 Å². The van der Waals surface area contributed by atoms with Gasteiger partial charge in [-0.05, 0) is 29.8 Å². The molecule has 4 aromatic rings. The van der Waals surface area contributed by atoms with Gasteiger partial charge in [-0.15, -0.1) is 0 Å². The molecule has 0 bridgehead atoms. The van der Waals surface area contributed by atoms with Crippen molar-refractivity contribution in [3.8, 4) is 5.75 Å². The van der Waals surface area contributed by atoms with Gasteiger partial charge in [-0.3, -0.25) is 0 Å². The monoisotopic (exact) mass is 358 g/mol. The molecule has 0 radical (unpaired) electrons. The third-order valence-electron chi connectivity index (χ3n) is 5.08. The first-order chi connectivity index (χ1) is 13.4. The van der Waals surface area contributed by atoms with Crippen LogP contribution in [0.3, 0.4) is 0 Å². The van der Waals surface area contributed by atoms with Crippen LogP contribution in [0.2, 0.25) is 0 Å². The molecule has 1 aliphatic rings. The number of ether oxygens (including phenoxy) is 1. The minimum atomic E-state index is 0.563. The molecule has 1 aliphatic heterocycles. The average Bonchev–Trinajstić information content (AvgIpc) is 3.23. The Morgan fingerprint density at radius 1 is 0.926 bits per heavy atom. The zero-order chi connectivity index (χ0) is 18.1. The van der Waals surface area contributed by atoms with Crippen LogP contribution < -0.4 is 15.0 Å². The Morgan fingerprint density at radius 3 is 2.63 bits per heavy atom. The minimum absolute atomic E-state index is 0.563. The summed E-state index contributed by atoms with van der Waals surface area (Å²) in [4.78, 5) is 7.35. The van der Waals surface area contributed by atoms with Gasteiger partial charge in [-0.2, -0.15) is 0 Å². The van der Waals surface area contributed by atoms with Crippen LogP contribution in [-0.4, -0.2) is 35.6 Å². The van der Waals surface area contributed by atoms with E-state index in [9.17, 15) is 0 Å². The van der Waals surface area contributed by atoms with Crippen LogP contribution in [-0.2, 0) is 6.61 Å². The maximum Gasteiger partial charge on any atom is 0.153 e. The SMILES string of the molecule is c1ccc(COc2ccc3nc(N4CCNCC4)c4cccn4c3c2)cc1. The van der Waals surface area contributed by atoms with Crippen molar-refractivity contribution in [2.75, 3.05) is 31.1 Å². The lowest BCUT2D eigenvalue weighted by Gasteiger charge is -2.29. The quantitative estimate of drug-likeness (QED) is 0.606. The van der Waals surface area contributed by atoms with E-state index in [2.05, 4.69) is 57.2 Å². The number of nitrogens with zero attached hydrogens (tertiary/aromatic N) is 3. The smallest absolute Gasteiger partial charge is 0.153 e. The van der Waals surface area contributed by atoms with Crippen molar-refractivity contribution in [1.82, 2.24) is 14.7 Å². The Hall–Kier alpha value is -3.05. The highest BCUT2D eigenvalue weighted by Crippen LogP contribution is 2.28.